The number of hydrogen-bond donors (Lipinski definition) is 0. The van der Waals surface area contributed by atoms with Crippen molar-refractivity contribution < 1.29 is 13.2 Å². The Morgan fingerprint density at radius 1 is 1.41 bits per heavy atom. The van der Waals surface area contributed by atoms with Gasteiger partial charge in [0.05, 0.1) is 28.0 Å². The predicted octanol–water partition coefficient (Wildman–Crippen LogP) is 4.81. The first kappa shape index (κ1) is 21.6. The van der Waals surface area contributed by atoms with Crippen molar-refractivity contribution in [3.8, 4) is 5.88 Å². The molecule has 2 aromatic heterocycles. The molecular formula is C19H24ClN5O3S. The van der Waals surface area contributed by atoms with Crippen LogP contribution in [-0.4, -0.2) is 36.0 Å². The zero-order chi connectivity index (χ0) is 21.4. The number of hydrogen-bond acceptors (Lipinski definition) is 6. The lowest BCUT2D eigenvalue weighted by atomic mass is 9.91. The van der Waals surface area contributed by atoms with Gasteiger partial charge in [0, 0.05) is 23.8 Å². The van der Waals surface area contributed by atoms with Gasteiger partial charge in [0.25, 0.3) is 0 Å². The molecule has 2 heterocycles. The molecule has 156 valence electrons. The van der Waals surface area contributed by atoms with Crippen molar-refractivity contribution >= 4 is 32.2 Å². The second-order valence-corrected chi connectivity index (χ2v) is 10.8. The molecule has 0 unspecified atom stereocenters. The Bertz CT molecular complexity index is 1080. The summed E-state index contributed by atoms with van der Waals surface area (Å²) in [6.07, 6.45) is 4.65. The summed E-state index contributed by atoms with van der Waals surface area (Å²) >= 11 is 6.08. The largest absolute Gasteiger partial charge is 0.474 e. The van der Waals surface area contributed by atoms with Crippen LogP contribution in [0.3, 0.4) is 0 Å². The van der Waals surface area contributed by atoms with Crippen molar-refractivity contribution in [3.05, 3.63) is 39.6 Å². The molecule has 0 aromatic carbocycles. The van der Waals surface area contributed by atoms with E-state index in [4.69, 9.17) is 21.9 Å². The van der Waals surface area contributed by atoms with Crippen LogP contribution in [0.5, 0.6) is 5.88 Å². The van der Waals surface area contributed by atoms with E-state index in [2.05, 4.69) is 20.0 Å². The van der Waals surface area contributed by atoms with Gasteiger partial charge in [-0.15, -0.1) is 0 Å². The fourth-order valence-electron chi connectivity index (χ4n) is 3.40. The van der Waals surface area contributed by atoms with Crippen LogP contribution in [0.25, 0.3) is 21.2 Å². The lowest BCUT2D eigenvalue weighted by Crippen LogP contribution is -2.26. The van der Waals surface area contributed by atoms with Crippen molar-refractivity contribution in [3.63, 3.8) is 0 Å². The van der Waals surface area contributed by atoms with Gasteiger partial charge in [0.15, 0.2) is 0 Å². The van der Waals surface area contributed by atoms with Gasteiger partial charge in [-0.3, -0.25) is 0 Å². The molecule has 10 heteroatoms. The zero-order valence-corrected chi connectivity index (χ0v) is 18.4. The molecule has 0 spiro atoms. The van der Waals surface area contributed by atoms with E-state index in [-0.39, 0.29) is 5.92 Å². The standard InChI is InChI=1S/C19H24ClN5O3S/c1-11(7-12(2)29(4,26)27)28-18-15-10-22-17(20)9-13(15)8-16(23-18)19(3,24-25-21)14-5-6-14/h8-12,14H,5-7H2,1-4H3/t11-,12-,19-/m1/s1. The van der Waals surface area contributed by atoms with Crippen LogP contribution < -0.4 is 4.74 Å². The molecule has 0 radical (unpaired) electrons. The summed E-state index contributed by atoms with van der Waals surface area (Å²) < 4.78 is 29.6. The van der Waals surface area contributed by atoms with Crippen LogP contribution in [0, 0.1) is 5.92 Å². The average Bonchev–Trinajstić information content (AvgIpc) is 3.45. The number of aromatic nitrogens is 2. The Hall–Kier alpha value is -2.09. The van der Waals surface area contributed by atoms with Crippen molar-refractivity contribution in [2.45, 2.75) is 56.9 Å². The van der Waals surface area contributed by atoms with Crippen LogP contribution in [-0.2, 0) is 15.4 Å². The predicted molar refractivity (Wildman–Crippen MR) is 113 cm³/mol. The summed E-state index contributed by atoms with van der Waals surface area (Å²) in [4.78, 5) is 11.8. The van der Waals surface area contributed by atoms with E-state index in [1.54, 1.807) is 26.1 Å². The molecule has 0 bridgehead atoms. The SMILES string of the molecule is C[C@H](C[C@@H](C)S(C)(=O)=O)Oc1nc([C@](C)(N=[N+]=[N-])C2CC2)cc2cc(Cl)ncc12. The van der Waals surface area contributed by atoms with Crippen molar-refractivity contribution in [2.24, 2.45) is 11.0 Å². The first-order chi connectivity index (χ1) is 13.5. The number of ether oxygens (including phenoxy) is 1. The smallest absolute Gasteiger partial charge is 0.223 e. The Labute approximate surface area is 175 Å². The van der Waals surface area contributed by atoms with Crippen LogP contribution in [0.4, 0.5) is 0 Å². The minimum atomic E-state index is -3.17. The molecular weight excluding hydrogens is 414 g/mol. The molecule has 0 aliphatic heterocycles. The van der Waals surface area contributed by atoms with Gasteiger partial charge >= 0.3 is 0 Å². The van der Waals surface area contributed by atoms with Crippen molar-refractivity contribution in [1.82, 2.24) is 9.97 Å². The highest BCUT2D eigenvalue weighted by molar-refractivity contribution is 7.91. The van der Waals surface area contributed by atoms with E-state index >= 15 is 0 Å². The quantitative estimate of drug-likeness (QED) is 0.254. The summed E-state index contributed by atoms with van der Waals surface area (Å²) in [6, 6.07) is 3.56. The fourth-order valence-corrected chi connectivity index (χ4v) is 4.19. The van der Waals surface area contributed by atoms with Crippen LogP contribution in [0.1, 0.15) is 45.7 Å². The van der Waals surface area contributed by atoms with Crippen LogP contribution >= 0.6 is 11.6 Å². The first-order valence-corrected chi connectivity index (χ1v) is 11.8. The van der Waals surface area contributed by atoms with Gasteiger partial charge in [-0.2, -0.15) is 0 Å². The minimum absolute atomic E-state index is 0.219. The van der Waals surface area contributed by atoms with E-state index < -0.39 is 26.7 Å². The average molecular weight is 438 g/mol. The van der Waals surface area contributed by atoms with E-state index in [1.807, 2.05) is 13.0 Å². The molecule has 3 atom stereocenters. The number of azide groups is 1. The number of rotatable bonds is 8. The van der Waals surface area contributed by atoms with E-state index in [0.29, 0.717) is 28.5 Å². The summed E-state index contributed by atoms with van der Waals surface area (Å²) in [7, 11) is -3.17. The van der Waals surface area contributed by atoms with Gasteiger partial charge in [0.1, 0.15) is 15.0 Å². The van der Waals surface area contributed by atoms with E-state index in [1.165, 1.54) is 6.26 Å². The zero-order valence-electron chi connectivity index (χ0n) is 16.8. The molecule has 1 aliphatic rings. The third-order valence-electron chi connectivity index (χ3n) is 5.50. The van der Waals surface area contributed by atoms with Gasteiger partial charge in [0.2, 0.25) is 5.88 Å². The van der Waals surface area contributed by atoms with Gasteiger partial charge in [-0.05, 0) is 62.6 Å². The second kappa shape index (κ2) is 7.97. The maximum absolute atomic E-state index is 11.8. The first-order valence-electron chi connectivity index (χ1n) is 9.43. The maximum Gasteiger partial charge on any atom is 0.223 e. The molecule has 0 saturated heterocycles. The van der Waals surface area contributed by atoms with Crippen LogP contribution in [0.15, 0.2) is 23.4 Å². The molecule has 8 nitrogen and oxygen atoms in total. The molecule has 0 amide bonds. The normalized spacial score (nSPS) is 18.5. The van der Waals surface area contributed by atoms with Crippen LogP contribution in [0.2, 0.25) is 5.15 Å². The molecule has 1 saturated carbocycles. The fraction of sp³-hybridized carbons (Fsp3) is 0.579. The molecule has 2 aromatic rings. The molecule has 0 N–H and O–H groups in total. The maximum atomic E-state index is 11.8. The number of nitrogens with zero attached hydrogens (tertiary/aromatic N) is 5. The second-order valence-electron chi connectivity index (χ2n) is 7.96. The van der Waals surface area contributed by atoms with Crippen molar-refractivity contribution in [1.29, 1.82) is 0 Å². The number of pyridine rings is 2. The van der Waals surface area contributed by atoms with Gasteiger partial charge < -0.3 is 4.74 Å². The Kier molecular flexibility index (Phi) is 5.94. The molecule has 3 rings (SSSR count). The molecule has 1 aliphatic carbocycles. The highest BCUT2D eigenvalue weighted by Gasteiger charge is 2.44. The molecule has 29 heavy (non-hydrogen) atoms. The third-order valence-corrected chi connectivity index (χ3v) is 7.36. The number of sulfone groups is 1. The highest BCUT2D eigenvalue weighted by atomic mass is 35.5. The topological polar surface area (TPSA) is 118 Å². The van der Waals surface area contributed by atoms with Crippen molar-refractivity contribution in [2.75, 3.05) is 6.26 Å². The van der Waals surface area contributed by atoms with Gasteiger partial charge in [-0.25, -0.2) is 18.4 Å². The number of halogens is 1. The molecule has 1 fully saturated rings. The number of fused-ring (bicyclic) bond motifs is 1. The lowest BCUT2D eigenvalue weighted by Gasteiger charge is -2.25. The summed E-state index contributed by atoms with van der Waals surface area (Å²) in [5, 5.41) is 5.28. The minimum Gasteiger partial charge on any atom is -0.474 e. The Morgan fingerprint density at radius 3 is 2.69 bits per heavy atom. The Balaban J connectivity index is 2.04. The van der Waals surface area contributed by atoms with E-state index in [0.717, 1.165) is 18.2 Å². The Morgan fingerprint density at radius 2 is 2.10 bits per heavy atom. The van der Waals surface area contributed by atoms with Gasteiger partial charge in [-0.1, -0.05) is 16.7 Å². The summed E-state index contributed by atoms with van der Waals surface area (Å²) in [5.74, 6) is 0.547. The highest BCUT2D eigenvalue weighted by Crippen LogP contribution is 2.48. The van der Waals surface area contributed by atoms with E-state index in [9.17, 15) is 8.42 Å². The summed E-state index contributed by atoms with van der Waals surface area (Å²) in [6.45, 7) is 5.34. The third kappa shape index (κ3) is 4.74. The summed E-state index contributed by atoms with van der Waals surface area (Å²) in [5.41, 5.74) is 8.91. The monoisotopic (exact) mass is 437 g/mol. The lowest BCUT2D eigenvalue weighted by molar-refractivity contribution is 0.203.